The molecule has 4 N–H and O–H groups in total. The number of aromatic nitrogens is 1. The molecule has 3 aromatic rings. The van der Waals surface area contributed by atoms with Gasteiger partial charge in [0.1, 0.15) is 27.9 Å². The first-order valence-corrected chi connectivity index (χ1v) is 10.2. The number of rotatable bonds is 7. The lowest BCUT2D eigenvalue weighted by atomic mass is 10.1. The summed E-state index contributed by atoms with van der Waals surface area (Å²) in [7, 11) is 0. The zero-order valence-electron chi connectivity index (χ0n) is 15.7. The van der Waals surface area contributed by atoms with E-state index in [0.29, 0.717) is 29.6 Å². The molecular formula is C21H22N4O3S. The maximum atomic E-state index is 10.1. The molecule has 1 aromatic heterocycles. The van der Waals surface area contributed by atoms with Gasteiger partial charge < -0.3 is 25.2 Å². The van der Waals surface area contributed by atoms with Gasteiger partial charge >= 0.3 is 0 Å². The van der Waals surface area contributed by atoms with Gasteiger partial charge in [-0.2, -0.15) is 4.37 Å². The molecule has 0 amide bonds. The van der Waals surface area contributed by atoms with E-state index in [0.717, 1.165) is 41.7 Å². The molecule has 7 nitrogen and oxygen atoms in total. The molecule has 0 spiro atoms. The summed E-state index contributed by atoms with van der Waals surface area (Å²) in [6.45, 7) is 2.11. The number of para-hydroxylation sites is 1. The minimum absolute atomic E-state index is 0.148. The van der Waals surface area contributed by atoms with Crippen LogP contribution < -0.4 is 15.4 Å². The third-order valence-corrected chi connectivity index (χ3v) is 5.36. The molecule has 2 heterocycles. The fourth-order valence-electron chi connectivity index (χ4n) is 3.03. The van der Waals surface area contributed by atoms with Crippen LogP contribution in [0, 0.1) is 11.3 Å². The zero-order chi connectivity index (χ0) is 20.1. The topological polar surface area (TPSA) is 99.5 Å². The normalized spacial score (nSPS) is 15.8. The van der Waals surface area contributed by atoms with E-state index in [1.54, 1.807) is 0 Å². The van der Waals surface area contributed by atoms with E-state index in [1.807, 2.05) is 54.6 Å². The molecule has 1 saturated heterocycles. The van der Waals surface area contributed by atoms with Crippen LogP contribution in [0.15, 0.2) is 54.6 Å². The number of nitrogens with one attached hydrogen (secondary N) is 3. The van der Waals surface area contributed by atoms with Gasteiger partial charge in [-0.05, 0) is 54.4 Å². The number of nitrogens with zero attached hydrogens (tertiary/aromatic N) is 1. The van der Waals surface area contributed by atoms with Crippen LogP contribution in [0.4, 0.5) is 10.7 Å². The van der Waals surface area contributed by atoms with E-state index in [-0.39, 0.29) is 11.7 Å². The van der Waals surface area contributed by atoms with Gasteiger partial charge in [-0.3, -0.25) is 5.41 Å². The number of anilines is 2. The highest BCUT2D eigenvalue weighted by atomic mass is 32.1. The van der Waals surface area contributed by atoms with Gasteiger partial charge in [-0.15, -0.1) is 0 Å². The van der Waals surface area contributed by atoms with E-state index in [9.17, 15) is 5.11 Å². The molecule has 150 valence electrons. The third-order valence-electron chi connectivity index (χ3n) is 4.61. The molecule has 0 bridgehead atoms. The van der Waals surface area contributed by atoms with Crippen LogP contribution in [0.3, 0.4) is 0 Å². The Kier molecular flexibility index (Phi) is 5.92. The Bertz CT molecular complexity index is 954. The zero-order valence-corrected chi connectivity index (χ0v) is 16.5. The van der Waals surface area contributed by atoms with Crippen molar-refractivity contribution in [2.24, 2.45) is 5.92 Å². The van der Waals surface area contributed by atoms with Crippen molar-refractivity contribution in [3.8, 4) is 17.4 Å². The average molecular weight is 410 g/mol. The first kappa shape index (κ1) is 19.2. The Morgan fingerprint density at radius 1 is 1.17 bits per heavy atom. The van der Waals surface area contributed by atoms with Crippen molar-refractivity contribution in [2.75, 3.05) is 25.1 Å². The predicted molar refractivity (Wildman–Crippen MR) is 114 cm³/mol. The molecule has 8 heteroatoms. The molecule has 1 aliphatic heterocycles. The Morgan fingerprint density at radius 2 is 1.93 bits per heavy atom. The second kappa shape index (κ2) is 8.93. The van der Waals surface area contributed by atoms with E-state index in [1.165, 1.54) is 0 Å². The maximum Gasteiger partial charge on any atom is 0.236 e. The summed E-state index contributed by atoms with van der Waals surface area (Å²) in [5.74, 6) is 1.88. The van der Waals surface area contributed by atoms with E-state index in [2.05, 4.69) is 15.0 Å². The highest BCUT2D eigenvalue weighted by Gasteiger charge is 2.21. The van der Waals surface area contributed by atoms with Crippen molar-refractivity contribution in [3.63, 3.8) is 0 Å². The second-order valence-electron chi connectivity index (χ2n) is 6.76. The Labute approximate surface area is 173 Å². The standard InChI is InChI=1S/C21H22N4O3S/c22-19(23-12-14-10-11-27-13-14)18-20(26)25-29-21(18)24-15-6-8-17(9-7-15)28-16-4-2-1-3-5-16/h1-9,14,24H,10-13H2,(H2,22,23)(H,25,26). The summed E-state index contributed by atoms with van der Waals surface area (Å²) in [5.41, 5.74) is 1.19. The maximum absolute atomic E-state index is 10.1. The molecule has 1 unspecified atom stereocenters. The molecular weight excluding hydrogens is 388 g/mol. The van der Waals surface area contributed by atoms with Crippen LogP contribution >= 0.6 is 11.5 Å². The molecule has 0 aliphatic carbocycles. The van der Waals surface area contributed by atoms with E-state index < -0.39 is 0 Å². The quantitative estimate of drug-likeness (QED) is 0.342. The summed E-state index contributed by atoms with van der Waals surface area (Å²) in [6, 6.07) is 17.1. The van der Waals surface area contributed by atoms with Gasteiger partial charge in [-0.25, -0.2) is 0 Å². The van der Waals surface area contributed by atoms with Crippen molar-refractivity contribution < 1.29 is 14.6 Å². The van der Waals surface area contributed by atoms with Crippen molar-refractivity contribution >= 4 is 28.1 Å². The Hall–Kier alpha value is -3.10. The molecule has 29 heavy (non-hydrogen) atoms. The molecule has 4 rings (SSSR count). The summed E-state index contributed by atoms with van der Waals surface area (Å²) in [6.07, 6.45) is 0.983. The first-order chi connectivity index (χ1) is 14.2. The fraction of sp³-hybridized carbons (Fsp3) is 0.238. The molecule has 1 fully saturated rings. The smallest absolute Gasteiger partial charge is 0.236 e. The van der Waals surface area contributed by atoms with Crippen LogP contribution in [-0.2, 0) is 4.74 Å². The third kappa shape index (κ3) is 4.85. The van der Waals surface area contributed by atoms with Gasteiger partial charge in [0.05, 0.1) is 6.61 Å². The summed E-state index contributed by atoms with van der Waals surface area (Å²) in [5, 5.41) is 25.3. The lowest BCUT2D eigenvalue weighted by Gasteiger charge is -2.13. The first-order valence-electron chi connectivity index (χ1n) is 9.38. The van der Waals surface area contributed by atoms with Crippen molar-refractivity contribution in [3.05, 3.63) is 60.2 Å². The highest BCUT2D eigenvalue weighted by Crippen LogP contribution is 2.33. The molecule has 2 aromatic carbocycles. The number of ether oxygens (including phenoxy) is 2. The number of benzene rings is 2. The van der Waals surface area contributed by atoms with Gasteiger partial charge in [0, 0.05) is 24.8 Å². The van der Waals surface area contributed by atoms with Crippen LogP contribution in [0.2, 0.25) is 0 Å². The van der Waals surface area contributed by atoms with Gasteiger partial charge in [-0.1, -0.05) is 18.2 Å². The Morgan fingerprint density at radius 3 is 2.66 bits per heavy atom. The summed E-state index contributed by atoms with van der Waals surface area (Å²) < 4.78 is 15.2. The van der Waals surface area contributed by atoms with Gasteiger partial charge in [0.15, 0.2) is 0 Å². The van der Waals surface area contributed by atoms with Crippen LogP contribution in [0.25, 0.3) is 0 Å². The van der Waals surface area contributed by atoms with Crippen LogP contribution in [0.5, 0.6) is 17.4 Å². The summed E-state index contributed by atoms with van der Waals surface area (Å²) in [4.78, 5) is 0. The molecule has 1 aliphatic rings. The molecule has 1 atom stereocenters. The lowest BCUT2D eigenvalue weighted by Crippen LogP contribution is -2.29. The highest BCUT2D eigenvalue weighted by molar-refractivity contribution is 7.11. The van der Waals surface area contributed by atoms with Crippen molar-refractivity contribution in [1.82, 2.24) is 9.69 Å². The Balaban J connectivity index is 1.40. The number of aromatic hydroxyl groups is 1. The SMILES string of the molecule is N=C(NCC1CCOC1)c1c(O)nsc1Nc1ccc(Oc2ccccc2)cc1. The van der Waals surface area contributed by atoms with E-state index in [4.69, 9.17) is 14.9 Å². The van der Waals surface area contributed by atoms with Crippen molar-refractivity contribution in [2.45, 2.75) is 6.42 Å². The molecule has 0 saturated carbocycles. The van der Waals surface area contributed by atoms with Crippen molar-refractivity contribution in [1.29, 1.82) is 5.41 Å². The largest absolute Gasteiger partial charge is 0.492 e. The molecule has 0 radical (unpaired) electrons. The second-order valence-corrected chi connectivity index (χ2v) is 7.53. The van der Waals surface area contributed by atoms with Gasteiger partial charge in [0.2, 0.25) is 5.88 Å². The summed E-state index contributed by atoms with van der Waals surface area (Å²) >= 11 is 1.12. The van der Waals surface area contributed by atoms with Crippen LogP contribution in [0.1, 0.15) is 12.0 Å². The van der Waals surface area contributed by atoms with Gasteiger partial charge in [0.25, 0.3) is 0 Å². The predicted octanol–water partition coefficient (Wildman–Crippen LogP) is 4.34. The number of amidine groups is 1. The minimum atomic E-state index is -0.151. The monoisotopic (exact) mass is 410 g/mol. The van der Waals surface area contributed by atoms with E-state index >= 15 is 0 Å². The lowest BCUT2D eigenvalue weighted by molar-refractivity contribution is 0.186. The minimum Gasteiger partial charge on any atom is -0.492 e. The number of hydrogen-bond donors (Lipinski definition) is 4. The average Bonchev–Trinajstić information content (AvgIpc) is 3.38. The number of hydrogen-bond acceptors (Lipinski definition) is 7. The fourth-order valence-corrected chi connectivity index (χ4v) is 3.75. The van der Waals surface area contributed by atoms with Crippen LogP contribution in [-0.4, -0.2) is 35.1 Å².